The van der Waals surface area contributed by atoms with Gasteiger partial charge in [0.25, 0.3) is 5.91 Å². The molecule has 6 N–H and O–H groups in total. The second-order valence-corrected chi connectivity index (χ2v) is 6.73. The van der Waals surface area contributed by atoms with Crippen molar-refractivity contribution in [3.63, 3.8) is 0 Å². The van der Waals surface area contributed by atoms with E-state index in [2.05, 4.69) is 27.8 Å². The fourth-order valence-electron chi connectivity index (χ4n) is 3.38. The fourth-order valence-corrected chi connectivity index (χ4v) is 3.38. The zero-order valence-corrected chi connectivity index (χ0v) is 15.7. The number of rotatable bonds is 6. The van der Waals surface area contributed by atoms with Crippen LogP contribution in [0.5, 0.6) is 0 Å². The summed E-state index contributed by atoms with van der Waals surface area (Å²) < 4.78 is 0. The van der Waals surface area contributed by atoms with Crippen molar-refractivity contribution < 1.29 is 4.79 Å². The summed E-state index contributed by atoms with van der Waals surface area (Å²) >= 11 is 0. The molecule has 0 saturated carbocycles. The van der Waals surface area contributed by atoms with Crippen molar-refractivity contribution in [2.75, 3.05) is 18.8 Å². The van der Waals surface area contributed by atoms with Crippen LogP contribution >= 0.6 is 0 Å². The molecule has 0 spiro atoms. The molecule has 1 unspecified atom stereocenters. The number of piperidine rings is 1. The molecule has 2 aromatic rings. The Morgan fingerprint density at radius 2 is 1.96 bits per heavy atom. The van der Waals surface area contributed by atoms with Crippen LogP contribution in [0.1, 0.15) is 34.8 Å². The highest BCUT2D eigenvalue weighted by atomic mass is 16.1. The van der Waals surface area contributed by atoms with Crippen LogP contribution < -0.4 is 22.1 Å². The Bertz CT molecular complexity index is 843. The van der Waals surface area contributed by atoms with E-state index in [1.54, 1.807) is 18.3 Å². The van der Waals surface area contributed by atoms with Crippen molar-refractivity contribution >= 4 is 17.9 Å². The van der Waals surface area contributed by atoms with E-state index in [9.17, 15) is 4.79 Å². The van der Waals surface area contributed by atoms with Gasteiger partial charge >= 0.3 is 0 Å². The van der Waals surface area contributed by atoms with E-state index in [0.29, 0.717) is 17.2 Å². The molecule has 7 nitrogen and oxygen atoms in total. The van der Waals surface area contributed by atoms with Gasteiger partial charge in [0.05, 0.1) is 17.3 Å². The first kappa shape index (κ1) is 19.6. The van der Waals surface area contributed by atoms with Gasteiger partial charge in [-0.05, 0) is 49.5 Å². The van der Waals surface area contributed by atoms with Gasteiger partial charge < -0.3 is 22.1 Å². The summed E-state index contributed by atoms with van der Waals surface area (Å²) in [6, 6.07) is 13.5. The average molecular weight is 378 g/mol. The molecule has 1 aliphatic heterocycles. The van der Waals surface area contributed by atoms with Crippen LogP contribution in [-0.4, -0.2) is 30.2 Å². The van der Waals surface area contributed by atoms with Crippen LogP contribution in [0.3, 0.4) is 0 Å². The number of hydrogen-bond acceptors (Lipinski definition) is 6. The Balaban J connectivity index is 1.76. The van der Waals surface area contributed by atoms with Gasteiger partial charge in [-0.25, -0.2) is 4.98 Å². The number of benzene rings is 1. The largest absolute Gasteiger partial charge is 0.403 e. The molecule has 1 fully saturated rings. The lowest BCUT2D eigenvalue weighted by atomic mass is 9.86. The van der Waals surface area contributed by atoms with Crippen molar-refractivity contribution in [1.82, 2.24) is 15.6 Å². The normalized spacial score (nSPS) is 16.8. The number of hydrogen-bond donors (Lipinski definition) is 4. The first-order valence-corrected chi connectivity index (χ1v) is 9.41. The van der Waals surface area contributed by atoms with Crippen LogP contribution in [0.4, 0.5) is 5.82 Å². The molecule has 7 heteroatoms. The van der Waals surface area contributed by atoms with Crippen LogP contribution in [0.25, 0.3) is 0 Å². The summed E-state index contributed by atoms with van der Waals surface area (Å²) in [6.45, 7) is 1.97. The maximum absolute atomic E-state index is 12.5. The number of amides is 1. The van der Waals surface area contributed by atoms with E-state index in [1.165, 1.54) is 12.4 Å². The smallest absolute Gasteiger partial charge is 0.259 e. The second-order valence-electron chi connectivity index (χ2n) is 6.73. The van der Waals surface area contributed by atoms with Crippen LogP contribution in [0, 0.1) is 5.92 Å². The number of pyridine rings is 1. The quantitative estimate of drug-likeness (QED) is 0.574. The summed E-state index contributed by atoms with van der Waals surface area (Å²) in [4.78, 5) is 21.2. The summed E-state index contributed by atoms with van der Waals surface area (Å²) in [5.74, 6) is 0.237. The van der Waals surface area contributed by atoms with E-state index < -0.39 is 0 Å². The topological polar surface area (TPSA) is 118 Å². The van der Waals surface area contributed by atoms with Crippen molar-refractivity contribution in [3.8, 4) is 0 Å². The molecule has 0 bridgehead atoms. The number of carbonyl (C=O) groups excluding carboxylic acids is 1. The first-order valence-electron chi connectivity index (χ1n) is 9.41. The number of nitrogens with two attached hydrogens (primary N) is 2. The molecule has 28 heavy (non-hydrogen) atoms. The van der Waals surface area contributed by atoms with Crippen LogP contribution in [0.2, 0.25) is 0 Å². The zero-order valence-electron chi connectivity index (χ0n) is 15.7. The third-order valence-electron chi connectivity index (χ3n) is 4.87. The van der Waals surface area contributed by atoms with Crippen LogP contribution in [0.15, 0.2) is 65.6 Å². The lowest BCUT2D eigenvalue weighted by Gasteiger charge is -2.28. The standard InChI is InChI=1S/C21H26N6O/c22-13-17(27-21(28)18-7-4-10-25-20(18)23)14-26-19(15-5-2-1-3-6-15)16-8-11-24-12-9-16/h1-7,10,13-14,16,19,24H,8-9,11-12,22H2,(H2,23,25)(H,27,28)/b17-13+,26-14?. The summed E-state index contributed by atoms with van der Waals surface area (Å²) in [6.07, 6.45) is 6.60. The van der Waals surface area contributed by atoms with Crippen molar-refractivity contribution in [2.45, 2.75) is 18.9 Å². The maximum atomic E-state index is 12.5. The molecule has 0 radical (unpaired) electrons. The molecule has 1 saturated heterocycles. The highest BCUT2D eigenvalue weighted by molar-refractivity contribution is 6.01. The predicted molar refractivity (Wildman–Crippen MR) is 112 cm³/mol. The van der Waals surface area contributed by atoms with E-state index >= 15 is 0 Å². The molecule has 0 aliphatic carbocycles. The first-order chi connectivity index (χ1) is 13.7. The van der Waals surface area contributed by atoms with Crippen molar-refractivity contribution in [2.24, 2.45) is 16.6 Å². The maximum Gasteiger partial charge on any atom is 0.259 e. The monoisotopic (exact) mass is 378 g/mol. The minimum atomic E-state index is -0.369. The molecule has 1 aromatic carbocycles. The SMILES string of the molecule is N/C=C(\C=NC(c1ccccc1)C1CCNCC1)NC(=O)c1cccnc1N. The molecular formula is C21H26N6O. The van der Waals surface area contributed by atoms with E-state index in [-0.39, 0.29) is 17.8 Å². The van der Waals surface area contributed by atoms with Gasteiger partial charge in [0.15, 0.2) is 0 Å². The number of aliphatic imine (C=N–C) groups is 1. The van der Waals surface area contributed by atoms with Gasteiger partial charge in [-0.3, -0.25) is 9.79 Å². The number of anilines is 1. The Hall–Kier alpha value is -3.19. The highest BCUT2D eigenvalue weighted by Crippen LogP contribution is 2.32. The summed E-state index contributed by atoms with van der Waals surface area (Å²) in [5, 5.41) is 6.14. The lowest BCUT2D eigenvalue weighted by molar-refractivity contribution is 0.0968. The highest BCUT2D eigenvalue weighted by Gasteiger charge is 2.24. The number of nitrogens with one attached hydrogen (secondary N) is 2. The van der Waals surface area contributed by atoms with Gasteiger partial charge in [-0.1, -0.05) is 30.3 Å². The van der Waals surface area contributed by atoms with Gasteiger partial charge in [0, 0.05) is 18.6 Å². The van der Waals surface area contributed by atoms with Gasteiger partial charge in [-0.2, -0.15) is 0 Å². The Labute approximate surface area is 164 Å². The molecule has 2 heterocycles. The van der Waals surface area contributed by atoms with Gasteiger partial charge in [0.1, 0.15) is 5.82 Å². The molecule has 1 aliphatic rings. The predicted octanol–water partition coefficient (Wildman–Crippen LogP) is 2.01. The molecule has 3 rings (SSSR count). The number of carbonyl (C=O) groups is 1. The zero-order chi connectivity index (χ0) is 19.8. The second kappa shape index (κ2) is 9.66. The Morgan fingerprint density at radius 3 is 2.64 bits per heavy atom. The minimum absolute atomic E-state index is 0.0126. The summed E-state index contributed by atoms with van der Waals surface area (Å²) in [5.41, 5.74) is 13.4. The minimum Gasteiger partial charge on any atom is -0.403 e. The number of allylic oxidation sites excluding steroid dienone is 1. The summed E-state index contributed by atoms with van der Waals surface area (Å²) in [7, 11) is 0. The van der Waals surface area contributed by atoms with E-state index in [4.69, 9.17) is 16.5 Å². The third kappa shape index (κ3) is 4.95. The van der Waals surface area contributed by atoms with Gasteiger partial charge in [-0.15, -0.1) is 0 Å². The third-order valence-corrected chi connectivity index (χ3v) is 4.87. The van der Waals surface area contributed by atoms with E-state index in [0.717, 1.165) is 31.5 Å². The van der Waals surface area contributed by atoms with E-state index in [1.807, 2.05) is 18.2 Å². The number of nitrogens with zero attached hydrogens (tertiary/aromatic N) is 2. The molecule has 1 amide bonds. The molecule has 146 valence electrons. The lowest BCUT2D eigenvalue weighted by Crippen LogP contribution is -2.31. The fraction of sp³-hybridized carbons (Fsp3) is 0.286. The Kier molecular flexibility index (Phi) is 6.75. The Morgan fingerprint density at radius 1 is 1.21 bits per heavy atom. The molecule has 1 atom stereocenters. The number of nitrogen functional groups attached to an aromatic ring is 1. The van der Waals surface area contributed by atoms with Crippen LogP contribution in [-0.2, 0) is 0 Å². The van der Waals surface area contributed by atoms with Crippen molar-refractivity contribution in [1.29, 1.82) is 0 Å². The van der Waals surface area contributed by atoms with Gasteiger partial charge in [0.2, 0.25) is 0 Å². The number of aromatic nitrogens is 1. The molecule has 1 aromatic heterocycles. The van der Waals surface area contributed by atoms with Crippen molar-refractivity contribution in [3.05, 3.63) is 71.7 Å². The molecular weight excluding hydrogens is 352 g/mol. The average Bonchev–Trinajstić information content (AvgIpc) is 2.74.